The van der Waals surface area contributed by atoms with Gasteiger partial charge >= 0.3 is 0 Å². The van der Waals surface area contributed by atoms with Gasteiger partial charge in [0.05, 0.1) is 18.6 Å². The van der Waals surface area contributed by atoms with Gasteiger partial charge in [-0.2, -0.15) is 0 Å². The van der Waals surface area contributed by atoms with E-state index in [2.05, 4.69) is 16.0 Å². The zero-order valence-electron chi connectivity index (χ0n) is 23.4. The summed E-state index contributed by atoms with van der Waals surface area (Å²) in [7, 11) is 1.55. The third-order valence-corrected chi connectivity index (χ3v) is 7.49. The van der Waals surface area contributed by atoms with E-state index in [4.69, 9.17) is 4.74 Å². The van der Waals surface area contributed by atoms with E-state index in [1.807, 2.05) is 66.7 Å². The molecule has 5 aromatic rings. The highest BCUT2D eigenvalue weighted by atomic mass is 32.2. The Labute approximate surface area is 254 Å². The van der Waals surface area contributed by atoms with Crippen molar-refractivity contribution in [3.05, 3.63) is 138 Å². The zero-order valence-corrected chi connectivity index (χ0v) is 24.2. The van der Waals surface area contributed by atoms with Gasteiger partial charge in [-0.3, -0.25) is 14.4 Å². The molecule has 5 rings (SSSR count). The molecule has 3 N–H and O–H groups in total. The highest BCUT2D eigenvalue weighted by Crippen LogP contribution is 2.26. The Kier molecular flexibility index (Phi) is 9.51. The van der Waals surface area contributed by atoms with Gasteiger partial charge in [0.15, 0.2) is 0 Å². The van der Waals surface area contributed by atoms with Crippen LogP contribution < -0.4 is 20.7 Å². The van der Waals surface area contributed by atoms with Crippen molar-refractivity contribution in [2.24, 2.45) is 0 Å². The number of methoxy groups -OCH3 is 1. The van der Waals surface area contributed by atoms with Gasteiger partial charge in [-0.05, 0) is 64.9 Å². The molecule has 43 heavy (non-hydrogen) atoms. The molecular formula is C35H29N3O4S. The van der Waals surface area contributed by atoms with Gasteiger partial charge in [-0.25, -0.2) is 0 Å². The molecule has 0 aliphatic carbocycles. The Bertz CT molecular complexity index is 1800. The summed E-state index contributed by atoms with van der Waals surface area (Å²) in [5.41, 5.74) is 2.45. The molecule has 8 heteroatoms. The van der Waals surface area contributed by atoms with E-state index in [9.17, 15) is 14.4 Å². The number of hydrogen-bond donors (Lipinski definition) is 3. The second-order valence-electron chi connectivity index (χ2n) is 9.47. The number of carbonyl (C=O) groups excluding carboxylic acids is 3. The quantitative estimate of drug-likeness (QED) is 0.121. The minimum absolute atomic E-state index is 0.0967. The van der Waals surface area contributed by atoms with Gasteiger partial charge in [-0.1, -0.05) is 78.9 Å². The number of nitrogens with one attached hydrogen (secondary N) is 3. The van der Waals surface area contributed by atoms with Gasteiger partial charge in [-0.15, -0.1) is 11.8 Å². The second-order valence-corrected chi connectivity index (χ2v) is 10.5. The number of rotatable bonds is 10. The molecule has 0 radical (unpaired) electrons. The molecule has 0 fully saturated rings. The predicted octanol–water partition coefficient (Wildman–Crippen LogP) is 6.99. The van der Waals surface area contributed by atoms with Crippen LogP contribution in [0.5, 0.6) is 5.75 Å². The molecule has 3 amide bonds. The Hall–Kier alpha value is -5.34. The molecule has 0 saturated heterocycles. The first-order valence-electron chi connectivity index (χ1n) is 13.5. The number of thioether (sulfide) groups is 1. The van der Waals surface area contributed by atoms with Crippen LogP contribution in [0.15, 0.2) is 132 Å². The molecular weight excluding hydrogens is 558 g/mol. The van der Waals surface area contributed by atoms with E-state index in [1.165, 1.54) is 11.8 Å². The van der Waals surface area contributed by atoms with Crippen molar-refractivity contribution in [2.75, 3.05) is 23.5 Å². The van der Waals surface area contributed by atoms with E-state index in [-0.39, 0.29) is 17.4 Å². The minimum Gasteiger partial charge on any atom is -0.495 e. The maximum Gasteiger partial charge on any atom is 0.272 e. The lowest BCUT2D eigenvalue weighted by molar-refractivity contribution is -0.114. The number of fused-ring (bicyclic) bond motifs is 1. The lowest BCUT2D eigenvalue weighted by Gasteiger charge is -2.13. The highest BCUT2D eigenvalue weighted by Gasteiger charge is 2.16. The Morgan fingerprint density at radius 1 is 0.767 bits per heavy atom. The summed E-state index contributed by atoms with van der Waals surface area (Å²) in [6, 6.07) is 36.8. The third-order valence-electron chi connectivity index (χ3n) is 6.49. The van der Waals surface area contributed by atoms with Gasteiger partial charge in [0.2, 0.25) is 5.91 Å². The molecule has 0 unspecified atom stereocenters. The fourth-order valence-corrected chi connectivity index (χ4v) is 5.17. The number of carbonyl (C=O) groups is 3. The van der Waals surface area contributed by atoms with Crippen LogP contribution in [0.1, 0.15) is 15.9 Å². The molecule has 0 heterocycles. The Balaban J connectivity index is 1.33. The smallest absolute Gasteiger partial charge is 0.272 e. The molecule has 214 valence electrons. The fraction of sp³-hybridized carbons (Fsp3) is 0.0571. The predicted molar refractivity (Wildman–Crippen MR) is 173 cm³/mol. The minimum atomic E-state index is -0.478. The molecule has 0 bridgehead atoms. The number of anilines is 2. The monoisotopic (exact) mass is 587 g/mol. The summed E-state index contributed by atoms with van der Waals surface area (Å²) in [5, 5.41) is 10.5. The average Bonchev–Trinajstić information content (AvgIpc) is 3.04. The fourth-order valence-electron chi connectivity index (χ4n) is 4.42. The van der Waals surface area contributed by atoms with E-state index in [1.54, 1.807) is 67.8 Å². The summed E-state index contributed by atoms with van der Waals surface area (Å²) in [4.78, 5) is 40.0. The van der Waals surface area contributed by atoms with Crippen molar-refractivity contribution in [3.8, 4) is 5.75 Å². The summed E-state index contributed by atoms with van der Waals surface area (Å²) in [6.07, 6.45) is 1.68. The third kappa shape index (κ3) is 7.69. The number of para-hydroxylation sites is 2. The molecule has 0 atom stereocenters. The van der Waals surface area contributed by atoms with Crippen LogP contribution in [0.2, 0.25) is 0 Å². The van der Waals surface area contributed by atoms with E-state index in [0.29, 0.717) is 22.7 Å². The van der Waals surface area contributed by atoms with Crippen LogP contribution in [-0.4, -0.2) is 30.6 Å². The molecule has 0 aromatic heterocycles. The number of ether oxygens (including phenoxy) is 1. The van der Waals surface area contributed by atoms with Crippen LogP contribution in [0, 0.1) is 0 Å². The largest absolute Gasteiger partial charge is 0.495 e. The molecule has 0 spiro atoms. The highest BCUT2D eigenvalue weighted by molar-refractivity contribution is 8.00. The SMILES string of the molecule is COc1ccccc1NC(=O)CSc1cccc(NC(=O)/C(=C\c2cccc3ccccc23)NC(=O)c2ccccc2)c1. The molecule has 0 aliphatic heterocycles. The van der Waals surface area contributed by atoms with Gasteiger partial charge in [0.25, 0.3) is 11.8 Å². The summed E-state index contributed by atoms with van der Waals surface area (Å²) >= 11 is 1.33. The number of amides is 3. The first kappa shape index (κ1) is 29.2. The van der Waals surface area contributed by atoms with Gasteiger partial charge < -0.3 is 20.7 Å². The topological polar surface area (TPSA) is 96.5 Å². The Morgan fingerprint density at radius 3 is 2.33 bits per heavy atom. The molecule has 7 nitrogen and oxygen atoms in total. The van der Waals surface area contributed by atoms with Crippen molar-refractivity contribution in [3.63, 3.8) is 0 Å². The van der Waals surface area contributed by atoms with Crippen LogP contribution in [0.4, 0.5) is 11.4 Å². The van der Waals surface area contributed by atoms with E-state index < -0.39 is 11.8 Å². The van der Waals surface area contributed by atoms with E-state index in [0.717, 1.165) is 21.2 Å². The van der Waals surface area contributed by atoms with Crippen LogP contribution in [-0.2, 0) is 9.59 Å². The average molecular weight is 588 g/mol. The number of hydrogen-bond acceptors (Lipinski definition) is 5. The second kappa shape index (κ2) is 14.0. The molecule has 5 aromatic carbocycles. The first-order valence-corrected chi connectivity index (χ1v) is 14.5. The number of benzene rings is 5. The summed E-state index contributed by atoms with van der Waals surface area (Å²) in [5.74, 6) is -0.319. The van der Waals surface area contributed by atoms with Crippen molar-refractivity contribution in [2.45, 2.75) is 4.90 Å². The lowest BCUT2D eigenvalue weighted by Crippen LogP contribution is -2.30. The van der Waals surface area contributed by atoms with Crippen LogP contribution in [0.3, 0.4) is 0 Å². The van der Waals surface area contributed by atoms with Crippen molar-refractivity contribution in [1.29, 1.82) is 0 Å². The maximum absolute atomic E-state index is 13.6. The van der Waals surface area contributed by atoms with Crippen molar-refractivity contribution in [1.82, 2.24) is 5.32 Å². The first-order chi connectivity index (χ1) is 21.0. The van der Waals surface area contributed by atoms with Crippen molar-refractivity contribution >= 4 is 57.7 Å². The standard InChI is InChI=1S/C35H29N3O4S/c1-42-32-20-8-7-19-30(32)37-33(39)23-43-28-17-10-16-27(22-28)36-35(41)31(38-34(40)25-12-3-2-4-13-25)21-26-15-9-14-24-11-5-6-18-29(24)26/h2-22H,23H2,1H3,(H,36,41)(H,37,39)(H,38,40)/b31-21+. The van der Waals surface area contributed by atoms with Crippen LogP contribution >= 0.6 is 11.8 Å². The zero-order chi connectivity index (χ0) is 30.0. The van der Waals surface area contributed by atoms with Crippen LogP contribution in [0.25, 0.3) is 16.8 Å². The van der Waals surface area contributed by atoms with E-state index >= 15 is 0 Å². The summed E-state index contributed by atoms with van der Waals surface area (Å²) in [6.45, 7) is 0. The van der Waals surface area contributed by atoms with Gasteiger partial charge in [0, 0.05) is 16.1 Å². The molecule has 0 aliphatic rings. The summed E-state index contributed by atoms with van der Waals surface area (Å²) < 4.78 is 5.30. The molecule has 0 saturated carbocycles. The normalized spacial score (nSPS) is 11.0. The lowest BCUT2D eigenvalue weighted by atomic mass is 10.0. The maximum atomic E-state index is 13.6. The van der Waals surface area contributed by atoms with Gasteiger partial charge in [0.1, 0.15) is 11.4 Å². The Morgan fingerprint density at radius 2 is 1.49 bits per heavy atom. The van der Waals surface area contributed by atoms with Crippen molar-refractivity contribution < 1.29 is 19.1 Å².